The number of rotatable bonds is 5. The minimum absolute atomic E-state index is 0.814. The number of hydrogen-bond acceptors (Lipinski definition) is 5. The second kappa shape index (κ2) is 7.15. The molecule has 3 aromatic rings. The van der Waals surface area contributed by atoms with Crippen molar-refractivity contribution in [2.75, 3.05) is 30.4 Å². The number of para-hydroxylation sites is 2. The molecule has 0 unspecified atom stereocenters. The number of benzene rings is 2. The van der Waals surface area contributed by atoms with E-state index in [4.69, 9.17) is 9.72 Å². The summed E-state index contributed by atoms with van der Waals surface area (Å²) in [4.78, 5) is 7.16. The van der Waals surface area contributed by atoms with E-state index in [2.05, 4.69) is 39.9 Å². The van der Waals surface area contributed by atoms with Gasteiger partial charge in [-0.3, -0.25) is 0 Å². The Labute approximate surface area is 152 Å². The summed E-state index contributed by atoms with van der Waals surface area (Å²) in [5.74, 6) is 0.814. The summed E-state index contributed by atoms with van der Waals surface area (Å²) in [6.45, 7) is 2.34. The molecule has 0 aliphatic carbocycles. The second-order valence-corrected chi connectivity index (χ2v) is 6.96. The second-order valence-electron chi connectivity index (χ2n) is 6.10. The number of nitrogens with zero attached hydrogens (tertiary/aromatic N) is 2. The van der Waals surface area contributed by atoms with E-state index >= 15 is 0 Å². The van der Waals surface area contributed by atoms with E-state index in [1.54, 1.807) is 18.4 Å². The van der Waals surface area contributed by atoms with E-state index < -0.39 is 0 Å². The molecule has 0 atom stereocenters. The number of thiazole rings is 1. The van der Waals surface area contributed by atoms with Crippen LogP contribution < -0.4 is 15.0 Å². The van der Waals surface area contributed by atoms with Crippen molar-refractivity contribution in [3.63, 3.8) is 0 Å². The summed E-state index contributed by atoms with van der Waals surface area (Å²) in [7, 11) is 1.68. The standard InChI is InChI=1S/C20H21N3OS/c1-24-19-7-3-2-6-17(19)21-20-22-18(14-25-20)15-8-10-16(11-9-15)23-12-4-5-13-23/h2-3,6-11,14H,4-5,12-13H2,1H3,(H,21,22). The van der Waals surface area contributed by atoms with Crippen molar-refractivity contribution < 1.29 is 4.74 Å². The van der Waals surface area contributed by atoms with Gasteiger partial charge < -0.3 is 15.0 Å². The first-order valence-corrected chi connectivity index (χ1v) is 9.42. The molecule has 1 aliphatic rings. The molecule has 0 spiro atoms. The van der Waals surface area contributed by atoms with Crippen LogP contribution in [-0.4, -0.2) is 25.2 Å². The Balaban J connectivity index is 1.51. The lowest BCUT2D eigenvalue weighted by atomic mass is 10.1. The van der Waals surface area contributed by atoms with Gasteiger partial charge in [0.15, 0.2) is 5.13 Å². The van der Waals surface area contributed by atoms with Gasteiger partial charge in [-0.15, -0.1) is 11.3 Å². The molecule has 1 fully saturated rings. The van der Waals surface area contributed by atoms with Crippen LogP contribution in [0.4, 0.5) is 16.5 Å². The van der Waals surface area contributed by atoms with Crippen LogP contribution in [-0.2, 0) is 0 Å². The van der Waals surface area contributed by atoms with Gasteiger partial charge in [0, 0.05) is 29.7 Å². The average molecular weight is 351 g/mol. The summed E-state index contributed by atoms with van der Waals surface area (Å²) in [5.41, 5.74) is 4.38. The maximum absolute atomic E-state index is 5.38. The summed E-state index contributed by atoms with van der Waals surface area (Å²) in [6, 6.07) is 16.6. The molecule has 0 amide bonds. The maximum atomic E-state index is 5.38. The fraction of sp³-hybridized carbons (Fsp3) is 0.250. The summed E-state index contributed by atoms with van der Waals surface area (Å²) in [6.07, 6.45) is 2.59. The molecule has 4 rings (SSSR count). The Hall–Kier alpha value is -2.53. The summed E-state index contributed by atoms with van der Waals surface area (Å²) in [5, 5.41) is 6.29. The maximum Gasteiger partial charge on any atom is 0.187 e. The van der Waals surface area contributed by atoms with Crippen molar-refractivity contribution in [2.24, 2.45) is 0 Å². The van der Waals surface area contributed by atoms with Gasteiger partial charge in [0.25, 0.3) is 0 Å². The van der Waals surface area contributed by atoms with Crippen molar-refractivity contribution in [2.45, 2.75) is 12.8 Å². The van der Waals surface area contributed by atoms with Gasteiger partial charge in [-0.05, 0) is 37.1 Å². The van der Waals surface area contributed by atoms with Crippen molar-refractivity contribution in [3.8, 4) is 17.0 Å². The highest BCUT2D eigenvalue weighted by Crippen LogP contribution is 2.32. The first-order valence-electron chi connectivity index (χ1n) is 8.54. The third-order valence-electron chi connectivity index (χ3n) is 4.49. The highest BCUT2D eigenvalue weighted by Gasteiger charge is 2.13. The van der Waals surface area contributed by atoms with Crippen LogP contribution in [0, 0.1) is 0 Å². The Kier molecular flexibility index (Phi) is 4.57. The summed E-state index contributed by atoms with van der Waals surface area (Å²) < 4.78 is 5.38. The largest absolute Gasteiger partial charge is 0.495 e. The van der Waals surface area contributed by atoms with Crippen LogP contribution in [0.15, 0.2) is 53.9 Å². The molecule has 0 bridgehead atoms. The molecule has 1 aromatic heterocycles. The zero-order valence-corrected chi connectivity index (χ0v) is 15.1. The van der Waals surface area contributed by atoms with Crippen LogP contribution in [0.25, 0.3) is 11.3 Å². The van der Waals surface area contributed by atoms with Crippen molar-refractivity contribution >= 4 is 27.8 Å². The lowest BCUT2D eigenvalue weighted by Crippen LogP contribution is -2.17. The van der Waals surface area contributed by atoms with Crippen LogP contribution in [0.3, 0.4) is 0 Å². The van der Waals surface area contributed by atoms with Crippen LogP contribution in [0.2, 0.25) is 0 Å². The van der Waals surface area contributed by atoms with Crippen molar-refractivity contribution in [3.05, 3.63) is 53.9 Å². The van der Waals surface area contributed by atoms with Gasteiger partial charge in [-0.2, -0.15) is 0 Å². The van der Waals surface area contributed by atoms with Crippen molar-refractivity contribution in [1.82, 2.24) is 4.98 Å². The molecule has 1 aliphatic heterocycles. The molecule has 128 valence electrons. The predicted molar refractivity (Wildman–Crippen MR) is 105 cm³/mol. The molecular formula is C20H21N3OS. The highest BCUT2D eigenvalue weighted by atomic mass is 32.1. The molecule has 2 heterocycles. The Morgan fingerprint density at radius 1 is 1.04 bits per heavy atom. The van der Waals surface area contributed by atoms with Gasteiger partial charge in [-0.25, -0.2) is 4.98 Å². The minimum atomic E-state index is 0.814. The van der Waals surface area contributed by atoms with Crippen molar-refractivity contribution in [1.29, 1.82) is 0 Å². The highest BCUT2D eigenvalue weighted by molar-refractivity contribution is 7.14. The first-order chi connectivity index (χ1) is 12.3. The van der Waals surface area contributed by atoms with Crippen LogP contribution in [0.5, 0.6) is 5.75 Å². The fourth-order valence-corrected chi connectivity index (χ4v) is 3.88. The zero-order valence-electron chi connectivity index (χ0n) is 14.2. The predicted octanol–water partition coefficient (Wildman–Crippen LogP) is 5.16. The van der Waals surface area contributed by atoms with E-state index in [1.807, 2.05) is 24.3 Å². The van der Waals surface area contributed by atoms with Gasteiger partial charge in [0.2, 0.25) is 0 Å². The monoisotopic (exact) mass is 351 g/mol. The smallest absolute Gasteiger partial charge is 0.187 e. The van der Waals surface area contributed by atoms with Gasteiger partial charge >= 0.3 is 0 Å². The molecule has 0 saturated carbocycles. The van der Waals surface area contributed by atoms with Gasteiger partial charge in [0.05, 0.1) is 18.5 Å². The number of nitrogens with one attached hydrogen (secondary N) is 1. The lowest BCUT2D eigenvalue weighted by molar-refractivity contribution is 0.417. The third-order valence-corrected chi connectivity index (χ3v) is 5.24. The van der Waals surface area contributed by atoms with Gasteiger partial charge in [0.1, 0.15) is 5.75 Å². The molecule has 5 heteroatoms. The van der Waals surface area contributed by atoms with E-state index in [9.17, 15) is 0 Å². The van der Waals surface area contributed by atoms with E-state index in [-0.39, 0.29) is 0 Å². The SMILES string of the molecule is COc1ccccc1Nc1nc(-c2ccc(N3CCCC3)cc2)cs1. The zero-order chi connectivity index (χ0) is 17.1. The van der Waals surface area contributed by atoms with E-state index in [0.29, 0.717) is 0 Å². The topological polar surface area (TPSA) is 37.4 Å². The molecule has 25 heavy (non-hydrogen) atoms. The molecule has 1 saturated heterocycles. The molecule has 0 radical (unpaired) electrons. The quantitative estimate of drug-likeness (QED) is 0.689. The van der Waals surface area contributed by atoms with E-state index in [0.717, 1.165) is 27.8 Å². The lowest BCUT2D eigenvalue weighted by Gasteiger charge is -2.17. The Morgan fingerprint density at radius 2 is 1.80 bits per heavy atom. The number of ether oxygens (including phenoxy) is 1. The molecule has 1 N–H and O–H groups in total. The third kappa shape index (κ3) is 3.46. The first kappa shape index (κ1) is 16.0. The normalized spacial score (nSPS) is 13.9. The fourth-order valence-electron chi connectivity index (χ4n) is 3.15. The Bertz CT molecular complexity index is 838. The number of anilines is 3. The van der Waals surface area contributed by atoms with Crippen LogP contribution >= 0.6 is 11.3 Å². The number of methoxy groups -OCH3 is 1. The molecule has 2 aromatic carbocycles. The molecule has 4 nitrogen and oxygen atoms in total. The minimum Gasteiger partial charge on any atom is -0.495 e. The average Bonchev–Trinajstić information content (AvgIpc) is 3.34. The van der Waals surface area contributed by atoms with E-state index in [1.165, 1.54) is 31.6 Å². The summed E-state index contributed by atoms with van der Waals surface area (Å²) >= 11 is 1.60. The van der Waals surface area contributed by atoms with Crippen LogP contribution in [0.1, 0.15) is 12.8 Å². The number of hydrogen-bond donors (Lipinski definition) is 1. The Morgan fingerprint density at radius 3 is 2.56 bits per heavy atom. The van der Waals surface area contributed by atoms with Gasteiger partial charge in [-0.1, -0.05) is 24.3 Å². The number of aromatic nitrogens is 1. The molecular weight excluding hydrogens is 330 g/mol.